The maximum Gasteiger partial charge on any atom is 0.342 e. The number of aliphatic hydroxyl groups excluding tert-OH is 2. The second-order valence-electron chi connectivity index (χ2n) is 13.7. The first-order valence-corrected chi connectivity index (χ1v) is 16.2. The van der Waals surface area contributed by atoms with Crippen LogP contribution in [0.4, 0.5) is 0 Å². The van der Waals surface area contributed by atoms with Gasteiger partial charge in [-0.25, -0.2) is 4.79 Å². The number of carbonyl (C=O) groups is 4. The van der Waals surface area contributed by atoms with Crippen molar-refractivity contribution in [3.05, 3.63) is 77.7 Å². The Labute approximate surface area is 286 Å². The number of hydrogen-bond acceptors (Lipinski definition) is 14. The molecule has 1 spiro atoms. The molecular weight excluding hydrogens is 670 g/mol. The Morgan fingerprint density at radius 2 is 1.67 bits per heavy atom. The molecule has 4 aromatic rings. The predicted octanol–water partition coefficient (Wildman–Crippen LogP) is 0.887. The molecule has 0 amide bonds. The molecule has 1 fully saturated rings. The van der Waals surface area contributed by atoms with Gasteiger partial charge in [0.2, 0.25) is 5.88 Å². The van der Waals surface area contributed by atoms with Gasteiger partial charge >= 0.3 is 17.9 Å². The molecule has 1 aromatic heterocycles. The van der Waals surface area contributed by atoms with Crippen LogP contribution >= 0.6 is 0 Å². The first-order valence-electron chi connectivity index (χ1n) is 16.2. The van der Waals surface area contributed by atoms with Crippen molar-refractivity contribution < 1.29 is 58.6 Å². The van der Waals surface area contributed by atoms with Crippen LogP contribution in [0.5, 0.6) is 11.6 Å². The van der Waals surface area contributed by atoms with Gasteiger partial charge in [0.05, 0.1) is 29.4 Å². The number of esters is 3. The third-order valence-corrected chi connectivity index (χ3v) is 10.9. The van der Waals surface area contributed by atoms with Crippen molar-refractivity contribution >= 4 is 45.2 Å². The molecule has 2 aliphatic heterocycles. The van der Waals surface area contributed by atoms with Gasteiger partial charge in [-0.3, -0.25) is 24.0 Å². The third-order valence-electron chi connectivity index (χ3n) is 10.9. The molecule has 7 atom stereocenters. The van der Waals surface area contributed by atoms with E-state index in [9.17, 15) is 44.4 Å². The van der Waals surface area contributed by atoms with Gasteiger partial charge in [-0.1, -0.05) is 0 Å². The molecule has 15 heteroatoms. The normalized spacial score (nSPS) is 27.6. The van der Waals surface area contributed by atoms with E-state index >= 15 is 4.79 Å². The number of aromatic hydroxyl groups is 2. The van der Waals surface area contributed by atoms with Gasteiger partial charge in [-0.2, -0.15) is 0 Å². The number of Topliss-reactive ketones (excluding diaryl/α,β-unsaturated/α-hetero) is 1. The van der Waals surface area contributed by atoms with Crippen LogP contribution in [0.2, 0.25) is 0 Å². The van der Waals surface area contributed by atoms with Crippen LogP contribution in [-0.4, -0.2) is 92.9 Å². The maximum atomic E-state index is 15.1. The average Bonchev–Trinajstić information content (AvgIpc) is 3.26. The van der Waals surface area contributed by atoms with E-state index in [1.54, 1.807) is 13.8 Å². The molecule has 3 heterocycles. The first-order chi connectivity index (χ1) is 24.1. The Morgan fingerprint density at radius 1 is 0.941 bits per heavy atom. The number of hydrogen-bond donors (Lipinski definition) is 4. The smallest absolute Gasteiger partial charge is 0.342 e. The number of ether oxygens (including phenoxy) is 4. The van der Waals surface area contributed by atoms with Crippen molar-refractivity contribution in [2.45, 2.75) is 69.5 Å². The first kappa shape index (κ1) is 32.8. The summed E-state index contributed by atoms with van der Waals surface area (Å²) in [5, 5.41) is 44.7. The summed E-state index contributed by atoms with van der Waals surface area (Å²) < 4.78 is 23.2. The fourth-order valence-corrected chi connectivity index (χ4v) is 8.90. The van der Waals surface area contributed by atoms with E-state index < -0.39 is 94.6 Å². The van der Waals surface area contributed by atoms with Crippen molar-refractivity contribution in [2.75, 3.05) is 19.8 Å². The van der Waals surface area contributed by atoms with Gasteiger partial charge in [0.1, 0.15) is 48.9 Å². The summed E-state index contributed by atoms with van der Waals surface area (Å²) in [4.78, 5) is 80.7. The highest BCUT2D eigenvalue weighted by Crippen LogP contribution is 2.61. The standard InChI is InChI=1S/C36H31NO14/c1-11-5-17(40)23-22-15(7-37(34(23)46)16-8-49-19(9-48-13(3)38)31(44)30(16)43)29(42)28-25(20(11)22)26-32(45)21-12(2)6-18(41)24-27(21)36(28,10-50-35(24)47)33(26)51-14(4)39/h5-7,16,19,26,30-31,33,41,43-44,46H,8-10H2,1-4H3/t16-,19+,26-,30+,31+,33-,36-/m0/s1. The highest BCUT2D eigenvalue weighted by atomic mass is 16.6. The highest BCUT2D eigenvalue weighted by molar-refractivity contribution is 6.19. The zero-order chi connectivity index (χ0) is 36.6. The lowest BCUT2D eigenvalue weighted by molar-refractivity contribution is -0.181. The molecule has 0 saturated carbocycles. The zero-order valence-electron chi connectivity index (χ0n) is 27.6. The summed E-state index contributed by atoms with van der Waals surface area (Å²) in [6.45, 7) is 4.23. The van der Waals surface area contributed by atoms with E-state index in [0.717, 1.165) is 11.5 Å². The van der Waals surface area contributed by atoms with Crippen LogP contribution in [-0.2, 0) is 34.0 Å². The molecule has 2 aliphatic carbocycles. The van der Waals surface area contributed by atoms with E-state index in [1.807, 2.05) is 0 Å². The van der Waals surface area contributed by atoms with E-state index in [2.05, 4.69) is 0 Å². The molecule has 4 N–H and O–H groups in total. The lowest BCUT2D eigenvalue weighted by Crippen LogP contribution is -2.55. The summed E-state index contributed by atoms with van der Waals surface area (Å²) in [6, 6.07) is 1.23. The van der Waals surface area contributed by atoms with Crippen molar-refractivity contribution in [3.8, 4) is 11.6 Å². The number of aromatic nitrogens is 1. The number of rotatable bonds is 4. The van der Waals surface area contributed by atoms with E-state index in [1.165, 1.54) is 25.3 Å². The van der Waals surface area contributed by atoms with Crippen LogP contribution in [0.15, 0.2) is 27.9 Å². The van der Waals surface area contributed by atoms with Crippen LogP contribution < -0.4 is 10.9 Å². The van der Waals surface area contributed by atoms with Crippen LogP contribution in [0.3, 0.4) is 0 Å². The van der Waals surface area contributed by atoms with Crippen molar-refractivity contribution in [3.63, 3.8) is 0 Å². The second kappa shape index (κ2) is 10.8. The SMILES string of the molecule is CC(=O)OC[C@H]1OC[C@H](n2cc3c(=O)c4c(c5c(C)cc(=O)c(c2O)c53)[C@H]2C(=O)c3c(C)cc(O)c5c3[C@]4(COC5=O)[C@H]2OC(C)=O)[C@@H](O)[C@@H]1O. The molecule has 51 heavy (non-hydrogen) atoms. The van der Waals surface area contributed by atoms with Crippen LogP contribution in [0.25, 0.3) is 21.5 Å². The van der Waals surface area contributed by atoms with E-state index in [0.29, 0.717) is 11.1 Å². The number of carbonyl (C=O) groups excluding carboxylic acids is 4. The summed E-state index contributed by atoms with van der Waals surface area (Å²) in [5.74, 6) is -5.38. The molecule has 3 aromatic carbocycles. The monoisotopic (exact) mass is 701 g/mol. The van der Waals surface area contributed by atoms with Gasteiger partial charge in [0.25, 0.3) is 0 Å². The second-order valence-corrected chi connectivity index (χ2v) is 13.7. The molecule has 0 radical (unpaired) electrons. The number of fused-ring (bicyclic) bond motifs is 4. The lowest BCUT2D eigenvalue weighted by Gasteiger charge is -2.44. The molecule has 1 saturated heterocycles. The number of aliphatic hydroxyl groups is 2. The predicted molar refractivity (Wildman–Crippen MR) is 174 cm³/mol. The molecule has 2 bridgehead atoms. The Balaban J connectivity index is 1.47. The fourth-order valence-electron chi connectivity index (χ4n) is 8.90. The Kier molecular flexibility index (Phi) is 6.95. The molecule has 8 rings (SSSR count). The highest BCUT2D eigenvalue weighted by Gasteiger charge is 2.67. The summed E-state index contributed by atoms with van der Waals surface area (Å²) in [6.07, 6.45) is -4.54. The number of cyclic esters (lactones) is 1. The molecule has 4 aliphatic rings. The molecular formula is C36H31NO14. The van der Waals surface area contributed by atoms with Gasteiger partial charge in [0.15, 0.2) is 16.6 Å². The average molecular weight is 702 g/mol. The van der Waals surface area contributed by atoms with Gasteiger partial charge in [0, 0.05) is 41.9 Å². The van der Waals surface area contributed by atoms with Crippen molar-refractivity contribution in [1.29, 1.82) is 0 Å². The van der Waals surface area contributed by atoms with E-state index in [4.69, 9.17) is 18.9 Å². The van der Waals surface area contributed by atoms with Crippen molar-refractivity contribution in [1.82, 2.24) is 4.57 Å². The Hall–Kier alpha value is -5.38. The molecule has 15 nitrogen and oxygen atoms in total. The summed E-state index contributed by atoms with van der Waals surface area (Å²) >= 11 is 0. The quantitative estimate of drug-likeness (QED) is 0.171. The Bertz CT molecular complexity index is 2410. The zero-order valence-corrected chi connectivity index (χ0v) is 27.6. The largest absolute Gasteiger partial charge is 0.507 e. The molecule has 264 valence electrons. The Morgan fingerprint density at radius 3 is 2.35 bits per heavy atom. The number of nitrogens with zero attached hydrogens (tertiary/aromatic N) is 1. The topological polar surface area (TPSA) is 225 Å². The van der Waals surface area contributed by atoms with Gasteiger partial charge in [-0.15, -0.1) is 0 Å². The summed E-state index contributed by atoms with van der Waals surface area (Å²) in [5.41, 5.74) is -2.69. The van der Waals surface area contributed by atoms with Crippen molar-refractivity contribution in [2.24, 2.45) is 0 Å². The van der Waals surface area contributed by atoms with Crippen LogP contribution in [0, 0.1) is 13.8 Å². The number of phenolic OH excluding ortho intramolecular Hbond substituents is 1. The number of aryl methyl sites for hydroxylation is 2. The lowest BCUT2D eigenvalue weighted by atomic mass is 9.63. The minimum atomic E-state index is -1.76. The maximum absolute atomic E-state index is 15.1. The minimum absolute atomic E-state index is 0.00425. The number of pyridine rings is 1. The number of phenols is 1. The molecule has 0 unspecified atom stereocenters. The van der Waals surface area contributed by atoms with E-state index in [-0.39, 0.29) is 62.6 Å². The minimum Gasteiger partial charge on any atom is -0.507 e. The fraction of sp³-hybridized carbons (Fsp3) is 0.389. The third kappa shape index (κ3) is 4.10. The number of ketones is 1. The number of benzene rings is 3. The summed E-state index contributed by atoms with van der Waals surface area (Å²) in [7, 11) is 0. The van der Waals surface area contributed by atoms with Gasteiger partial charge in [-0.05, 0) is 53.6 Å². The van der Waals surface area contributed by atoms with Gasteiger partial charge < -0.3 is 43.9 Å². The van der Waals surface area contributed by atoms with Crippen LogP contribution in [0.1, 0.15) is 74.3 Å².